The standard InChI is InChI=1S/C20H22O6/c1-23-20-18(25-13-15-10-6-3-7-11-15)16(17(26-20)19(21)22)24-12-14-8-4-2-5-9-14/h2-11,16-18,20H,12-13H2,1H3,(H,21,22)/t16-,17+,18+,20+/m1/s1. The molecule has 2 aromatic carbocycles. The van der Waals surface area contributed by atoms with Crippen molar-refractivity contribution >= 4 is 5.97 Å². The third kappa shape index (κ3) is 4.47. The molecule has 0 bridgehead atoms. The minimum atomic E-state index is -1.15. The number of carbonyl (C=O) groups is 1. The zero-order chi connectivity index (χ0) is 18.4. The van der Waals surface area contributed by atoms with Gasteiger partial charge in [-0.25, -0.2) is 4.79 Å². The first-order valence-electron chi connectivity index (χ1n) is 8.41. The zero-order valence-corrected chi connectivity index (χ0v) is 14.5. The molecule has 138 valence electrons. The number of methoxy groups -OCH3 is 1. The maximum atomic E-state index is 11.6. The average Bonchev–Trinajstić information content (AvgIpc) is 3.04. The Morgan fingerprint density at radius 2 is 1.42 bits per heavy atom. The van der Waals surface area contributed by atoms with Gasteiger partial charge < -0.3 is 24.1 Å². The number of ether oxygens (including phenoxy) is 4. The monoisotopic (exact) mass is 358 g/mol. The molecule has 3 rings (SSSR count). The van der Waals surface area contributed by atoms with E-state index in [2.05, 4.69) is 0 Å². The molecule has 1 aliphatic heterocycles. The molecule has 4 atom stereocenters. The topological polar surface area (TPSA) is 74.2 Å². The molecule has 0 saturated carbocycles. The van der Waals surface area contributed by atoms with Crippen molar-refractivity contribution in [1.29, 1.82) is 0 Å². The first-order valence-corrected chi connectivity index (χ1v) is 8.41. The number of aliphatic carboxylic acids is 1. The van der Waals surface area contributed by atoms with Crippen molar-refractivity contribution in [1.82, 2.24) is 0 Å². The van der Waals surface area contributed by atoms with Crippen molar-refractivity contribution in [3.8, 4) is 0 Å². The second-order valence-electron chi connectivity index (χ2n) is 6.02. The summed E-state index contributed by atoms with van der Waals surface area (Å²) in [6.07, 6.45) is -3.38. The minimum Gasteiger partial charge on any atom is -0.479 e. The van der Waals surface area contributed by atoms with E-state index in [1.807, 2.05) is 60.7 Å². The van der Waals surface area contributed by atoms with Crippen molar-refractivity contribution in [2.75, 3.05) is 7.11 Å². The maximum absolute atomic E-state index is 11.6. The van der Waals surface area contributed by atoms with Crippen LogP contribution in [0.4, 0.5) is 0 Å². The molecular weight excluding hydrogens is 336 g/mol. The van der Waals surface area contributed by atoms with E-state index in [-0.39, 0.29) is 6.61 Å². The van der Waals surface area contributed by atoms with Gasteiger partial charge in [0.15, 0.2) is 12.4 Å². The van der Waals surface area contributed by atoms with Gasteiger partial charge >= 0.3 is 5.97 Å². The molecule has 0 spiro atoms. The van der Waals surface area contributed by atoms with E-state index in [1.165, 1.54) is 7.11 Å². The van der Waals surface area contributed by atoms with Crippen molar-refractivity contribution in [2.24, 2.45) is 0 Å². The lowest BCUT2D eigenvalue weighted by Gasteiger charge is -2.23. The third-order valence-electron chi connectivity index (χ3n) is 4.22. The van der Waals surface area contributed by atoms with Gasteiger partial charge in [0.05, 0.1) is 13.2 Å². The summed E-state index contributed by atoms with van der Waals surface area (Å²) < 4.78 is 22.6. The molecule has 1 N–H and O–H groups in total. The molecular formula is C20H22O6. The van der Waals surface area contributed by atoms with E-state index in [0.29, 0.717) is 6.61 Å². The van der Waals surface area contributed by atoms with Crippen molar-refractivity contribution in [2.45, 2.75) is 37.8 Å². The fourth-order valence-corrected chi connectivity index (χ4v) is 2.90. The molecule has 6 nitrogen and oxygen atoms in total. The zero-order valence-electron chi connectivity index (χ0n) is 14.5. The number of carboxylic acids is 1. The van der Waals surface area contributed by atoms with Crippen LogP contribution in [-0.4, -0.2) is 42.8 Å². The van der Waals surface area contributed by atoms with E-state index in [1.54, 1.807) is 0 Å². The van der Waals surface area contributed by atoms with Gasteiger partial charge in [-0.3, -0.25) is 0 Å². The molecule has 1 aliphatic rings. The third-order valence-corrected chi connectivity index (χ3v) is 4.22. The SMILES string of the molecule is CO[C@H]1O[C@H](C(=O)O)[C@@H](OCc2ccccc2)[C@@H]1OCc1ccccc1. The Hall–Kier alpha value is -2.25. The van der Waals surface area contributed by atoms with Crippen LogP contribution in [0, 0.1) is 0 Å². The van der Waals surface area contributed by atoms with Crippen molar-refractivity contribution in [3.05, 3.63) is 71.8 Å². The van der Waals surface area contributed by atoms with Gasteiger partial charge in [-0.2, -0.15) is 0 Å². The van der Waals surface area contributed by atoms with E-state index in [0.717, 1.165) is 11.1 Å². The summed E-state index contributed by atoms with van der Waals surface area (Å²) in [7, 11) is 1.46. The molecule has 1 fully saturated rings. The molecule has 2 aromatic rings. The Labute approximate surface area is 152 Å². The van der Waals surface area contributed by atoms with Gasteiger partial charge in [0.1, 0.15) is 12.2 Å². The molecule has 6 heteroatoms. The first-order chi connectivity index (χ1) is 12.7. The van der Waals surface area contributed by atoms with Crippen LogP contribution in [-0.2, 0) is 37.0 Å². The Morgan fingerprint density at radius 1 is 0.923 bits per heavy atom. The molecule has 0 unspecified atom stereocenters. The van der Waals surface area contributed by atoms with E-state index in [4.69, 9.17) is 18.9 Å². The highest BCUT2D eigenvalue weighted by atomic mass is 16.7. The number of rotatable bonds is 8. The molecule has 0 aliphatic carbocycles. The average molecular weight is 358 g/mol. The summed E-state index contributed by atoms with van der Waals surface area (Å²) in [5.41, 5.74) is 1.92. The molecule has 0 aromatic heterocycles. The fraction of sp³-hybridized carbons (Fsp3) is 0.350. The van der Waals surface area contributed by atoms with Crippen molar-refractivity contribution < 1.29 is 28.8 Å². The number of hydrogen-bond acceptors (Lipinski definition) is 5. The lowest BCUT2D eigenvalue weighted by molar-refractivity contribution is -0.178. The molecule has 0 radical (unpaired) electrons. The molecule has 1 saturated heterocycles. The van der Waals surface area contributed by atoms with Crippen molar-refractivity contribution in [3.63, 3.8) is 0 Å². The first kappa shape index (κ1) is 18.5. The number of hydrogen-bond donors (Lipinski definition) is 1. The van der Waals surface area contributed by atoms with Gasteiger partial charge in [0.25, 0.3) is 0 Å². The second-order valence-corrected chi connectivity index (χ2v) is 6.02. The van der Waals surface area contributed by atoms with Gasteiger partial charge in [-0.05, 0) is 11.1 Å². The van der Waals surface area contributed by atoms with Gasteiger partial charge in [0.2, 0.25) is 0 Å². The number of benzene rings is 2. The Balaban J connectivity index is 1.71. The Bertz CT molecular complexity index is 690. The normalized spacial score (nSPS) is 25.3. The smallest absolute Gasteiger partial charge is 0.335 e. The lowest BCUT2D eigenvalue weighted by Crippen LogP contribution is -2.40. The van der Waals surface area contributed by atoms with Crippen LogP contribution < -0.4 is 0 Å². The highest BCUT2D eigenvalue weighted by molar-refractivity contribution is 5.73. The summed E-state index contributed by atoms with van der Waals surface area (Å²) >= 11 is 0. The Kier molecular flexibility index (Phi) is 6.35. The fourth-order valence-electron chi connectivity index (χ4n) is 2.90. The van der Waals surface area contributed by atoms with E-state index in [9.17, 15) is 9.90 Å². The van der Waals surface area contributed by atoms with E-state index >= 15 is 0 Å². The summed E-state index contributed by atoms with van der Waals surface area (Å²) in [5.74, 6) is -1.10. The molecule has 26 heavy (non-hydrogen) atoms. The number of carboxylic acid groups (broad SMARTS) is 1. The summed E-state index contributed by atoms with van der Waals surface area (Å²) in [6, 6.07) is 19.2. The quantitative estimate of drug-likeness (QED) is 0.782. The minimum absolute atomic E-state index is 0.264. The van der Waals surface area contributed by atoms with Crippen LogP contribution in [0.2, 0.25) is 0 Å². The van der Waals surface area contributed by atoms with Crippen LogP contribution in [0.3, 0.4) is 0 Å². The van der Waals surface area contributed by atoms with Gasteiger partial charge in [0, 0.05) is 7.11 Å². The van der Waals surface area contributed by atoms with Crippen LogP contribution in [0.25, 0.3) is 0 Å². The highest BCUT2D eigenvalue weighted by Gasteiger charge is 2.50. The van der Waals surface area contributed by atoms with Gasteiger partial charge in [-0.15, -0.1) is 0 Å². The van der Waals surface area contributed by atoms with E-state index < -0.39 is 30.6 Å². The summed E-state index contributed by atoms with van der Waals surface area (Å²) in [4.78, 5) is 11.6. The summed E-state index contributed by atoms with van der Waals surface area (Å²) in [5, 5.41) is 9.48. The molecule has 1 heterocycles. The predicted molar refractivity (Wildman–Crippen MR) is 93.3 cm³/mol. The predicted octanol–water partition coefficient (Wildman–Crippen LogP) is 2.61. The molecule has 0 amide bonds. The van der Waals surface area contributed by atoms with Crippen LogP contribution in [0.5, 0.6) is 0 Å². The van der Waals surface area contributed by atoms with Crippen LogP contribution >= 0.6 is 0 Å². The second kappa shape index (κ2) is 8.91. The maximum Gasteiger partial charge on any atom is 0.335 e. The van der Waals surface area contributed by atoms with Crippen LogP contribution in [0.1, 0.15) is 11.1 Å². The summed E-state index contributed by atoms with van der Waals surface area (Å²) in [6.45, 7) is 0.576. The lowest BCUT2D eigenvalue weighted by atomic mass is 10.1. The van der Waals surface area contributed by atoms with Gasteiger partial charge in [-0.1, -0.05) is 60.7 Å². The largest absolute Gasteiger partial charge is 0.479 e. The Morgan fingerprint density at radius 3 is 1.88 bits per heavy atom. The van der Waals surface area contributed by atoms with Crippen LogP contribution in [0.15, 0.2) is 60.7 Å². The highest BCUT2D eigenvalue weighted by Crippen LogP contribution is 2.29.